The van der Waals surface area contributed by atoms with E-state index in [2.05, 4.69) is 11.9 Å². The van der Waals surface area contributed by atoms with Gasteiger partial charge in [0.05, 0.1) is 0 Å². The molecule has 0 bridgehead atoms. The number of thiophene rings is 1. The third kappa shape index (κ3) is 7.62. The summed E-state index contributed by atoms with van der Waals surface area (Å²) in [7, 11) is 0. The van der Waals surface area contributed by atoms with Crippen LogP contribution in [0.25, 0.3) is 0 Å². The van der Waals surface area contributed by atoms with E-state index in [1.54, 1.807) is 23.7 Å². The lowest BCUT2D eigenvalue weighted by atomic mass is 10.1. The van der Waals surface area contributed by atoms with Crippen molar-refractivity contribution >= 4 is 17.1 Å². The lowest BCUT2D eigenvalue weighted by Gasteiger charge is -1.98. The van der Waals surface area contributed by atoms with Crippen LogP contribution in [0.3, 0.4) is 0 Å². The Hall–Kier alpha value is -1.35. The summed E-state index contributed by atoms with van der Waals surface area (Å²) in [6.45, 7) is 2.20. The highest BCUT2D eigenvalue weighted by molar-refractivity contribution is 7.07. The van der Waals surface area contributed by atoms with Gasteiger partial charge >= 0.3 is 0 Å². The molecule has 2 aromatic heterocycles. The lowest BCUT2D eigenvalue weighted by molar-refractivity contribution is 0.0979. The van der Waals surface area contributed by atoms with Gasteiger partial charge in [0.15, 0.2) is 5.78 Å². The molecule has 1 N–H and O–H groups in total. The van der Waals surface area contributed by atoms with Gasteiger partial charge in [-0.05, 0) is 23.2 Å². The van der Waals surface area contributed by atoms with Gasteiger partial charge in [-0.1, -0.05) is 44.7 Å². The molecule has 2 heterocycles. The van der Waals surface area contributed by atoms with Crippen LogP contribution < -0.4 is 0 Å². The van der Waals surface area contributed by atoms with E-state index in [0.29, 0.717) is 6.42 Å². The summed E-state index contributed by atoms with van der Waals surface area (Å²) in [5.74, 6) is 0.266. The molecule has 0 aliphatic rings. The van der Waals surface area contributed by atoms with E-state index >= 15 is 0 Å². The zero-order chi connectivity index (χ0) is 13.8. The van der Waals surface area contributed by atoms with Crippen LogP contribution in [0.2, 0.25) is 0 Å². The van der Waals surface area contributed by atoms with Crippen LogP contribution in [0.4, 0.5) is 0 Å². The van der Waals surface area contributed by atoms with E-state index in [1.165, 1.54) is 25.7 Å². The monoisotopic (exact) mass is 277 g/mol. The molecule has 0 aliphatic carbocycles. The normalized spacial score (nSPS) is 9.74. The number of carbonyl (C=O) groups excluding carboxylic acids is 1. The Morgan fingerprint density at radius 3 is 2.42 bits per heavy atom. The summed E-state index contributed by atoms with van der Waals surface area (Å²) in [5, 5.41) is 4.08. The van der Waals surface area contributed by atoms with Crippen LogP contribution in [0.15, 0.2) is 41.4 Å². The first-order valence-electron chi connectivity index (χ1n) is 6.97. The Kier molecular flexibility index (Phi) is 8.73. The molecule has 2 rings (SSSR count). The predicted octanol–water partition coefficient (Wildman–Crippen LogP) is 5.31. The minimum Gasteiger partial charge on any atom is -0.367 e. The van der Waals surface area contributed by atoms with Crippen molar-refractivity contribution < 1.29 is 4.79 Å². The molecule has 0 amide bonds. The van der Waals surface area contributed by atoms with Crippen molar-refractivity contribution in [3.8, 4) is 0 Å². The number of rotatable bonds is 7. The molecule has 0 saturated carbocycles. The van der Waals surface area contributed by atoms with Gasteiger partial charge < -0.3 is 4.98 Å². The van der Waals surface area contributed by atoms with Gasteiger partial charge in [0.2, 0.25) is 0 Å². The highest BCUT2D eigenvalue weighted by atomic mass is 32.1. The van der Waals surface area contributed by atoms with Crippen molar-refractivity contribution in [2.24, 2.45) is 0 Å². The van der Waals surface area contributed by atoms with Crippen molar-refractivity contribution in [1.82, 2.24) is 4.98 Å². The lowest BCUT2D eigenvalue weighted by Crippen LogP contribution is -1.96. The third-order valence-electron chi connectivity index (χ3n) is 2.85. The second kappa shape index (κ2) is 10.6. The summed E-state index contributed by atoms with van der Waals surface area (Å²) >= 11 is 1.71. The first kappa shape index (κ1) is 15.7. The van der Waals surface area contributed by atoms with Crippen molar-refractivity contribution in [2.75, 3.05) is 0 Å². The van der Waals surface area contributed by atoms with Crippen molar-refractivity contribution in [1.29, 1.82) is 0 Å². The maximum absolute atomic E-state index is 11.5. The van der Waals surface area contributed by atoms with E-state index in [-0.39, 0.29) is 5.78 Å². The fourth-order valence-corrected chi connectivity index (χ4v) is 2.21. The molecule has 0 radical (unpaired) electrons. The first-order chi connectivity index (χ1) is 9.34. The Balaban J connectivity index is 0.000000300. The standard InChI is InChI=1S/C12H19NO.C4H4S/c1-2-3-4-5-6-7-12(14)11-8-9-13-10-11;1-2-4-5-3-1/h8-10,13H,2-7H2,1H3;1-4H. The van der Waals surface area contributed by atoms with Gasteiger partial charge in [-0.2, -0.15) is 11.3 Å². The molecule has 104 valence electrons. The van der Waals surface area contributed by atoms with E-state index in [9.17, 15) is 4.79 Å². The summed E-state index contributed by atoms with van der Waals surface area (Å²) in [6, 6.07) is 5.88. The van der Waals surface area contributed by atoms with Gasteiger partial charge in [0, 0.05) is 24.4 Å². The molecule has 0 aliphatic heterocycles. The number of H-pyrrole nitrogens is 1. The first-order valence-corrected chi connectivity index (χ1v) is 7.92. The Bertz CT molecular complexity index is 389. The highest BCUT2D eigenvalue weighted by Crippen LogP contribution is 2.09. The van der Waals surface area contributed by atoms with Crippen LogP contribution in [0.5, 0.6) is 0 Å². The molecule has 3 heteroatoms. The zero-order valence-electron chi connectivity index (χ0n) is 11.6. The number of nitrogens with one attached hydrogen (secondary N) is 1. The number of carbonyl (C=O) groups is 1. The van der Waals surface area contributed by atoms with Crippen LogP contribution in [-0.2, 0) is 0 Å². The summed E-state index contributed by atoms with van der Waals surface area (Å²) in [6.07, 6.45) is 10.3. The second-order valence-electron chi connectivity index (χ2n) is 4.48. The highest BCUT2D eigenvalue weighted by Gasteiger charge is 2.04. The maximum Gasteiger partial charge on any atom is 0.164 e. The van der Waals surface area contributed by atoms with E-state index < -0.39 is 0 Å². The number of hydrogen-bond donors (Lipinski definition) is 1. The largest absolute Gasteiger partial charge is 0.367 e. The molecule has 0 spiro atoms. The number of aromatic nitrogens is 1. The fourth-order valence-electron chi connectivity index (χ4n) is 1.76. The maximum atomic E-state index is 11.5. The number of Topliss-reactive ketones (excluding diaryl/α,β-unsaturated/α-hetero) is 1. The molecule has 0 saturated heterocycles. The number of ketones is 1. The summed E-state index contributed by atoms with van der Waals surface area (Å²) in [5.41, 5.74) is 0.820. The van der Waals surface area contributed by atoms with Crippen LogP contribution in [0.1, 0.15) is 55.8 Å². The molecule has 2 nitrogen and oxygen atoms in total. The van der Waals surface area contributed by atoms with Gasteiger partial charge in [-0.25, -0.2) is 0 Å². The molecule has 0 unspecified atom stereocenters. The van der Waals surface area contributed by atoms with Gasteiger partial charge in [-0.15, -0.1) is 0 Å². The SMILES string of the molecule is CCCCCCCC(=O)c1cc[nH]c1.c1ccsc1. The molecular formula is C16H23NOS. The number of unbranched alkanes of at least 4 members (excludes halogenated alkanes) is 4. The second-order valence-corrected chi connectivity index (χ2v) is 5.30. The van der Waals surface area contributed by atoms with Crippen LogP contribution in [-0.4, -0.2) is 10.8 Å². The zero-order valence-corrected chi connectivity index (χ0v) is 12.4. The van der Waals surface area contributed by atoms with Crippen LogP contribution >= 0.6 is 11.3 Å². The molecule has 0 fully saturated rings. The third-order valence-corrected chi connectivity index (χ3v) is 3.48. The van der Waals surface area contributed by atoms with Crippen molar-refractivity contribution in [3.05, 3.63) is 46.9 Å². The van der Waals surface area contributed by atoms with E-state index in [4.69, 9.17) is 0 Å². The van der Waals surface area contributed by atoms with E-state index in [0.717, 1.165) is 12.0 Å². The fraction of sp³-hybridized carbons (Fsp3) is 0.438. The molecular weight excluding hydrogens is 254 g/mol. The van der Waals surface area contributed by atoms with E-state index in [1.807, 2.05) is 29.0 Å². The van der Waals surface area contributed by atoms with Gasteiger partial charge in [0.25, 0.3) is 0 Å². The average molecular weight is 277 g/mol. The quantitative estimate of drug-likeness (QED) is 0.540. The Morgan fingerprint density at radius 2 is 1.89 bits per heavy atom. The Labute approximate surface area is 119 Å². The summed E-state index contributed by atoms with van der Waals surface area (Å²) in [4.78, 5) is 14.4. The Morgan fingerprint density at radius 1 is 1.16 bits per heavy atom. The topological polar surface area (TPSA) is 32.9 Å². The molecule has 0 atom stereocenters. The van der Waals surface area contributed by atoms with Crippen LogP contribution in [0, 0.1) is 0 Å². The number of hydrogen-bond acceptors (Lipinski definition) is 2. The van der Waals surface area contributed by atoms with Gasteiger partial charge in [0.1, 0.15) is 0 Å². The minimum absolute atomic E-state index is 0.266. The average Bonchev–Trinajstić information content (AvgIpc) is 3.13. The van der Waals surface area contributed by atoms with Crippen molar-refractivity contribution in [2.45, 2.75) is 45.4 Å². The summed E-state index contributed by atoms with van der Waals surface area (Å²) < 4.78 is 0. The molecule has 19 heavy (non-hydrogen) atoms. The number of aromatic amines is 1. The minimum atomic E-state index is 0.266. The molecule has 2 aromatic rings. The smallest absolute Gasteiger partial charge is 0.164 e. The predicted molar refractivity (Wildman–Crippen MR) is 82.8 cm³/mol. The van der Waals surface area contributed by atoms with Gasteiger partial charge in [-0.3, -0.25) is 4.79 Å². The van der Waals surface area contributed by atoms with Crippen molar-refractivity contribution in [3.63, 3.8) is 0 Å². The molecule has 0 aromatic carbocycles.